The first-order valence-electron chi connectivity index (χ1n) is 7.78. The molecule has 0 unspecified atom stereocenters. The van der Waals surface area contributed by atoms with E-state index in [4.69, 9.17) is 4.74 Å². The maximum absolute atomic E-state index is 13.3. The molecule has 4 nitrogen and oxygen atoms in total. The van der Waals surface area contributed by atoms with Gasteiger partial charge in [-0.1, -0.05) is 0 Å². The predicted molar refractivity (Wildman–Crippen MR) is 97.9 cm³/mol. The molecule has 0 bridgehead atoms. The van der Waals surface area contributed by atoms with Gasteiger partial charge in [-0.25, -0.2) is 13.8 Å². The van der Waals surface area contributed by atoms with Gasteiger partial charge in [-0.05, 0) is 55.8 Å². The molecular weight excluding hydrogens is 358 g/mol. The Balaban J connectivity index is 1.85. The topological polar surface area (TPSA) is 51.2 Å². The monoisotopic (exact) mass is 374 g/mol. The minimum Gasteiger partial charge on any atom is -0.496 e. The van der Waals surface area contributed by atoms with Crippen LogP contribution in [-0.2, 0) is 0 Å². The van der Waals surface area contributed by atoms with Crippen LogP contribution in [0, 0.1) is 25.5 Å². The van der Waals surface area contributed by atoms with E-state index in [0.29, 0.717) is 5.13 Å². The number of carbonyl (C=O) groups is 1. The van der Waals surface area contributed by atoms with E-state index in [-0.39, 0.29) is 5.56 Å². The summed E-state index contributed by atoms with van der Waals surface area (Å²) >= 11 is 1.31. The maximum atomic E-state index is 13.3. The van der Waals surface area contributed by atoms with Crippen molar-refractivity contribution in [3.63, 3.8) is 0 Å². The van der Waals surface area contributed by atoms with Crippen LogP contribution in [0.2, 0.25) is 0 Å². The number of amides is 1. The summed E-state index contributed by atoms with van der Waals surface area (Å²) in [6, 6.07) is 8.73. The van der Waals surface area contributed by atoms with Gasteiger partial charge in [0.05, 0.1) is 12.8 Å². The molecule has 0 aliphatic carbocycles. The van der Waals surface area contributed by atoms with E-state index in [0.717, 1.165) is 39.6 Å². The first kappa shape index (κ1) is 18.0. The van der Waals surface area contributed by atoms with Crippen LogP contribution in [0.4, 0.5) is 13.9 Å². The first-order valence-corrected chi connectivity index (χ1v) is 8.59. The number of benzene rings is 2. The third-order valence-corrected chi connectivity index (χ3v) is 4.75. The Labute approximate surface area is 153 Å². The van der Waals surface area contributed by atoms with Crippen molar-refractivity contribution in [1.29, 1.82) is 0 Å². The molecule has 134 valence electrons. The van der Waals surface area contributed by atoms with E-state index in [1.807, 2.05) is 32.0 Å². The summed E-state index contributed by atoms with van der Waals surface area (Å²) in [4.78, 5) is 17.6. The predicted octanol–water partition coefficient (Wildman–Crippen LogP) is 4.97. The fourth-order valence-electron chi connectivity index (χ4n) is 2.55. The summed E-state index contributed by atoms with van der Waals surface area (Å²) in [7, 11) is 1.61. The lowest BCUT2D eigenvalue weighted by Crippen LogP contribution is -2.12. The van der Waals surface area contributed by atoms with Gasteiger partial charge < -0.3 is 4.74 Å². The highest BCUT2D eigenvalue weighted by Crippen LogP contribution is 2.33. The molecule has 0 fully saturated rings. The van der Waals surface area contributed by atoms with Gasteiger partial charge in [-0.2, -0.15) is 0 Å². The SMILES string of the molecule is COc1ccc(-c2nc(NC(=O)c3ccc(F)c(F)c3)sc2C)cc1C. The number of aryl methyl sites for hydroxylation is 2. The average molecular weight is 374 g/mol. The molecule has 3 aromatic rings. The van der Waals surface area contributed by atoms with E-state index >= 15 is 0 Å². The van der Waals surface area contributed by atoms with Crippen molar-refractivity contribution in [2.75, 3.05) is 12.4 Å². The molecule has 0 radical (unpaired) electrons. The van der Waals surface area contributed by atoms with Gasteiger partial charge in [0.1, 0.15) is 5.75 Å². The minimum atomic E-state index is -1.07. The third kappa shape index (κ3) is 3.57. The van der Waals surface area contributed by atoms with Crippen molar-refractivity contribution in [2.45, 2.75) is 13.8 Å². The number of carbonyl (C=O) groups excluding carboxylic acids is 1. The Hall–Kier alpha value is -2.80. The molecule has 26 heavy (non-hydrogen) atoms. The summed E-state index contributed by atoms with van der Waals surface area (Å²) < 4.78 is 31.5. The average Bonchev–Trinajstić information content (AvgIpc) is 2.97. The number of hydrogen-bond acceptors (Lipinski definition) is 4. The Kier molecular flexibility index (Phi) is 4.99. The number of rotatable bonds is 4. The lowest BCUT2D eigenvalue weighted by molar-refractivity contribution is 0.102. The van der Waals surface area contributed by atoms with E-state index in [1.165, 1.54) is 17.4 Å². The van der Waals surface area contributed by atoms with Crippen LogP contribution < -0.4 is 10.1 Å². The number of halogens is 2. The zero-order valence-corrected chi connectivity index (χ0v) is 15.2. The van der Waals surface area contributed by atoms with Crippen LogP contribution in [0.15, 0.2) is 36.4 Å². The number of hydrogen-bond donors (Lipinski definition) is 1. The number of ether oxygens (including phenoxy) is 1. The molecule has 3 rings (SSSR count). The molecule has 1 amide bonds. The molecular formula is C19H16F2N2O2S. The number of thiazole rings is 1. The lowest BCUT2D eigenvalue weighted by atomic mass is 10.1. The van der Waals surface area contributed by atoms with Crippen molar-refractivity contribution in [1.82, 2.24) is 4.98 Å². The molecule has 1 aromatic heterocycles. The Morgan fingerprint density at radius 1 is 1.12 bits per heavy atom. The van der Waals surface area contributed by atoms with Gasteiger partial charge in [0, 0.05) is 16.0 Å². The minimum absolute atomic E-state index is 0.0265. The van der Waals surface area contributed by atoms with Crippen LogP contribution in [0.25, 0.3) is 11.3 Å². The Bertz CT molecular complexity index is 986. The molecule has 0 aliphatic heterocycles. The highest BCUT2D eigenvalue weighted by molar-refractivity contribution is 7.16. The van der Waals surface area contributed by atoms with Crippen molar-refractivity contribution in [3.05, 3.63) is 64.0 Å². The van der Waals surface area contributed by atoms with E-state index in [2.05, 4.69) is 10.3 Å². The van der Waals surface area contributed by atoms with E-state index in [1.54, 1.807) is 7.11 Å². The van der Waals surface area contributed by atoms with Crippen LogP contribution >= 0.6 is 11.3 Å². The van der Waals surface area contributed by atoms with Gasteiger partial charge in [-0.15, -0.1) is 11.3 Å². The third-order valence-electron chi connectivity index (χ3n) is 3.87. The van der Waals surface area contributed by atoms with Crippen molar-refractivity contribution in [2.24, 2.45) is 0 Å². The Morgan fingerprint density at radius 3 is 2.54 bits per heavy atom. The first-order chi connectivity index (χ1) is 12.4. The number of nitrogens with one attached hydrogen (secondary N) is 1. The largest absolute Gasteiger partial charge is 0.496 e. The van der Waals surface area contributed by atoms with Gasteiger partial charge in [0.15, 0.2) is 16.8 Å². The van der Waals surface area contributed by atoms with Gasteiger partial charge in [-0.3, -0.25) is 10.1 Å². The quantitative estimate of drug-likeness (QED) is 0.702. The summed E-state index contributed by atoms with van der Waals surface area (Å²) in [6.07, 6.45) is 0. The number of nitrogens with zero attached hydrogens (tertiary/aromatic N) is 1. The fourth-order valence-corrected chi connectivity index (χ4v) is 3.38. The van der Waals surface area contributed by atoms with Gasteiger partial charge in [0.25, 0.3) is 5.91 Å². The molecule has 1 heterocycles. The van der Waals surface area contributed by atoms with Crippen LogP contribution in [0.1, 0.15) is 20.8 Å². The highest BCUT2D eigenvalue weighted by atomic mass is 32.1. The lowest BCUT2D eigenvalue weighted by Gasteiger charge is -2.06. The second kappa shape index (κ2) is 7.21. The second-order valence-electron chi connectivity index (χ2n) is 5.69. The molecule has 0 spiro atoms. The summed E-state index contributed by atoms with van der Waals surface area (Å²) in [5.74, 6) is -1.82. The van der Waals surface area contributed by atoms with Gasteiger partial charge in [0.2, 0.25) is 0 Å². The van der Waals surface area contributed by atoms with E-state index in [9.17, 15) is 13.6 Å². The number of methoxy groups -OCH3 is 1. The van der Waals surface area contributed by atoms with Gasteiger partial charge >= 0.3 is 0 Å². The van der Waals surface area contributed by atoms with Crippen molar-refractivity contribution >= 4 is 22.4 Å². The normalized spacial score (nSPS) is 10.7. The molecule has 0 aliphatic rings. The molecule has 0 atom stereocenters. The van der Waals surface area contributed by atoms with Crippen LogP contribution in [0.3, 0.4) is 0 Å². The standard InChI is InChI=1S/C19H16F2N2O2S/c1-10-8-12(5-7-16(10)25-3)17-11(2)26-19(22-17)23-18(24)13-4-6-14(20)15(21)9-13/h4-9H,1-3H3,(H,22,23,24). The summed E-state index contributed by atoms with van der Waals surface area (Å²) in [5, 5.41) is 3.02. The number of aromatic nitrogens is 1. The van der Waals surface area contributed by atoms with Crippen LogP contribution in [-0.4, -0.2) is 18.0 Å². The second-order valence-corrected chi connectivity index (χ2v) is 6.89. The maximum Gasteiger partial charge on any atom is 0.257 e. The van der Waals surface area contributed by atoms with Crippen molar-refractivity contribution < 1.29 is 18.3 Å². The fraction of sp³-hybridized carbons (Fsp3) is 0.158. The highest BCUT2D eigenvalue weighted by Gasteiger charge is 2.15. The zero-order chi connectivity index (χ0) is 18.8. The summed E-state index contributed by atoms with van der Waals surface area (Å²) in [6.45, 7) is 3.84. The Morgan fingerprint density at radius 2 is 1.88 bits per heavy atom. The smallest absolute Gasteiger partial charge is 0.257 e. The number of anilines is 1. The van der Waals surface area contributed by atoms with Crippen molar-refractivity contribution in [3.8, 4) is 17.0 Å². The summed E-state index contributed by atoms with van der Waals surface area (Å²) in [5.41, 5.74) is 2.66. The zero-order valence-electron chi connectivity index (χ0n) is 14.4. The molecule has 7 heteroatoms. The van der Waals surface area contributed by atoms with Crippen LogP contribution in [0.5, 0.6) is 5.75 Å². The molecule has 2 aromatic carbocycles. The molecule has 1 N–H and O–H groups in total. The molecule has 0 saturated heterocycles. The van der Waals surface area contributed by atoms with E-state index < -0.39 is 17.5 Å². The molecule has 0 saturated carbocycles.